The summed E-state index contributed by atoms with van der Waals surface area (Å²) in [4.78, 5) is 14.7. The van der Waals surface area contributed by atoms with Crippen molar-refractivity contribution in [2.24, 2.45) is 0 Å². The zero-order valence-electron chi connectivity index (χ0n) is 10.8. The molecule has 1 heterocycles. The molecule has 108 valence electrons. The molecule has 6 heteroatoms. The number of nitrogens with zero attached hydrogens (tertiary/aromatic N) is 1. The van der Waals surface area contributed by atoms with E-state index < -0.39 is 5.97 Å². The molecule has 2 rings (SSSR count). The fourth-order valence-corrected chi connectivity index (χ4v) is 2.57. The standard InChI is InChI=1S/C15H11Br2NO3/c16-12-6-10(7-18-8-12)9-21-15-11(4-5-14(19)20)2-1-3-13(15)17/h1-8H,9H2,(H,19,20)/b5-4+. The smallest absolute Gasteiger partial charge is 0.328 e. The van der Waals surface area contributed by atoms with Crippen LogP contribution in [0.5, 0.6) is 5.75 Å². The van der Waals surface area contributed by atoms with E-state index in [-0.39, 0.29) is 0 Å². The van der Waals surface area contributed by atoms with Crippen LogP contribution in [0.4, 0.5) is 0 Å². The summed E-state index contributed by atoms with van der Waals surface area (Å²) in [7, 11) is 0. The minimum atomic E-state index is -1.00. The van der Waals surface area contributed by atoms with Crippen LogP contribution < -0.4 is 4.74 Å². The Bertz CT molecular complexity index is 686. The van der Waals surface area contributed by atoms with Crippen LogP contribution in [0.25, 0.3) is 6.08 Å². The number of carboxylic acid groups (broad SMARTS) is 1. The molecule has 0 radical (unpaired) electrons. The lowest BCUT2D eigenvalue weighted by molar-refractivity contribution is -0.131. The average molecular weight is 413 g/mol. The van der Waals surface area contributed by atoms with Crippen molar-refractivity contribution >= 4 is 43.9 Å². The Hall–Kier alpha value is -1.66. The van der Waals surface area contributed by atoms with Gasteiger partial charge in [-0.05, 0) is 50.1 Å². The first kappa shape index (κ1) is 15.7. The van der Waals surface area contributed by atoms with Gasteiger partial charge in [-0.1, -0.05) is 12.1 Å². The highest BCUT2D eigenvalue weighted by atomic mass is 79.9. The molecule has 1 aromatic heterocycles. The number of halogens is 2. The van der Waals surface area contributed by atoms with Crippen molar-refractivity contribution in [2.75, 3.05) is 0 Å². The van der Waals surface area contributed by atoms with E-state index in [9.17, 15) is 4.79 Å². The Morgan fingerprint density at radius 3 is 2.86 bits per heavy atom. The van der Waals surface area contributed by atoms with Crippen LogP contribution in [0.2, 0.25) is 0 Å². The molecular weight excluding hydrogens is 402 g/mol. The van der Waals surface area contributed by atoms with E-state index in [4.69, 9.17) is 9.84 Å². The maximum absolute atomic E-state index is 10.6. The van der Waals surface area contributed by atoms with Gasteiger partial charge in [0.2, 0.25) is 0 Å². The molecule has 0 atom stereocenters. The third kappa shape index (κ3) is 4.68. The molecule has 0 saturated heterocycles. The van der Waals surface area contributed by atoms with Crippen LogP contribution in [0, 0.1) is 0 Å². The van der Waals surface area contributed by atoms with Gasteiger partial charge in [-0.3, -0.25) is 4.98 Å². The third-order valence-electron chi connectivity index (χ3n) is 2.55. The summed E-state index contributed by atoms with van der Waals surface area (Å²) in [5.74, 6) is -0.410. The first-order chi connectivity index (χ1) is 10.1. The van der Waals surface area contributed by atoms with Gasteiger partial charge in [0.25, 0.3) is 0 Å². The van der Waals surface area contributed by atoms with E-state index in [2.05, 4.69) is 36.8 Å². The molecular formula is C15H11Br2NO3. The molecule has 1 N–H and O–H groups in total. The van der Waals surface area contributed by atoms with E-state index in [1.807, 2.05) is 18.2 Å². The van der Waals surface area contributed by atoms with Crippen LogP contribution in [0.1, 0.15) is 11.1 Å². The average Bonchev–Trinajstić information content (AvgIpc) is 2.44. The van der Waals surface area contributed by atoms with E-state index in [1.54, 1.807) is 18.5 Å². The fraction of sp³-hybridized carbons (Fsp3) is 0.0667. The fourth-order valence-electron chi connectivity index (χ4n) is 1.66. The van der Waals surface area contributed by atoms with E-state index in [0.29, 0.717) is 17.9 Å². The van der Waals surface area contributed by atoms with Gasteiger partial charge in [-0.25, -0.2) is 4.79 Å². The zero-order chi connectivity index (χ0) is 15.2. The Morgan fingerprint density at radius 2 is 2.14 bits per heavy atom. The predicted molar refractivity (Wildman–Crippen MR) is 87.1 cm³/mol. The maximum Gasteiger partial charge on any atom is 0.328 e. The normalized spacial score (nSPS) is 10.8. The van der Waals surface area contributed by atoms with E-state index in [1.165, 1.54) is 6.08 Å². The minimum Gasteiger partial charge on any atom is -0.487 e. The van der Waals surface area contributed by atoms with Gasteiger partial charge in [0.05, 0.1) is 4.47 Å². The highest BCUT2D eigenvalue weighted by Gasteiger charge is 2.07. The maximum atomic E-state index is 10.6. The topological polar surface area (TPSA) is 59.4 Å². The first-order valence-corrected chi connectivity index (χ1v) is 7.56. The molecule has 0 aliphatic carbocycles. The van der Waals surface area contributed by atoms with Crippen LogP contribution in [0.3, 0.4) is 0 Å². The Labute approximate surface area is 138 Å². The van der Waals surface area contributed by atoms with Gasteiger partial charge in [0, 0.05) is 34.1 Å². The van der Waals surface area contributed by atoms with Crippen molar-refractivity contribution in [1.29, 1.82) is 0 Å². The minimum absolute atomic E-state index is 0.336. The molecule has 1 aromatic carbocycles. The molecule has 21 heavy (non-hydrogen) atoms. The van der Waals surface area contributed by atoms with Crippen LogP contribution in [0.15, 0.2) is 51.7 Å². The van der Waals surface area contributed by atoms with Crippen LogP contribution in [-0.4, -0.2) is 16.1 Å². The lowest BCUT2D eigenvalue weighted by atomic mass is 10.2. The number of ether oxygens (including phenoxy) is 1. The van der Waals surface area contributed by atoms with Gasteiger partial charge < -0.3 is 9.84 Å². The highest BCUT2D eigenvalue weighted by molar-refractivity contribution is 9.10. The van der Waals surface area contributed by atoms with Gasteiger partial charge in [-0.2, -0.15) is 0 Å². The van der Waals surface area contributed by atoms with Gasteiger partial charge in [-0.15, -0.1) is 0 Å². The molecule has 0 bridgehead atoms. The summed E-state index contributed by atoms with van der Waals surface area (Å²) < 4.78 is 7.43. The Balaban J connectivity index is 2.20. The molecule has 0 aliphatic heterocycles. The SMILES string of the molecule is O=C(O)/C=C/c1cccc(Br)c1OCc1cncc(Br)c1. The first-order valence-electron chi connectivity index (χ1n) is 5.98. The monoisotopic (exact) mass is 411 g/mol. The van der Waals surface area contributed by atoms with Crippen molar-refractivity contribution in [3.63, 3.8) is 0 Å². The van der Waals surface area contributed by atoms with Crippen LogP contribution in [-0.2, 0) is 11.4 Å². The van der Waals surface area contributed by atoms with Gasteiger partial charge >= 0.3 is 5.97 Å². The summed E-state index contributed by atoms with van der Waals surface area (Å²) >= 11 is 6.77. The number of carbonyl (C=O) groups is 1. The molecule has 0 saturated carbocycles. The third-order valence-corrected chi connectivity index (χ3v) is 3.61. The van der Waals surface area contributed by atoms with E-state index >= 15 is 0 Å². The molecule has 2 aromatic rings. The number of pyridine rings is 1. The number of hydrogen-bond donors (Lipinski definition) is 1. The van der Waals surface area contributed by atoms with Crippen molar-refractivity contribution < 1.29 is 14.6 Å². The summed E-state index contributed by atoms with van der Waals surface area (Å²) in [5, 5.41) is 8.72. The molecule has 0 spiro atoms. The Morgan fingerprint density at radius 1 is 1.33 bits per heavy atom. The number of hydrogen-bond acceptors (Lipinski definition) is 3. The molecule has 0 amide bonds. The number of aliphatic carboxylic acids is 1. The number of benzene rings is 1. The quantitative estimate of drug-likeness (QED) is 0.744. The molecule has 0 fully saturated rings. The number of carboxylic acids is 1. The largest absolute Gasteiger partial charge is 0.487 e. The van der Waals surface area contributed by atoms with Crippen molar-refractivity contribution in [1.82, 2.24) is 4.98 Å². The second-order valence-corrected chi connectivity index (χ2v) is 5.90. The number of rotatable bonds is 5. The Kier molecular flexibility index (Phi) is 5.52. The molecule has 4 nitrogen and oxygen atoms in total. The molecule has 0 aliphatic rings. The summed E-state index contributed by atoms with van der Waals surface area (Å²) in [5.41, 5.74) is 1.60. The predicted octanol–water partition coefficient (Wildman–Crippen LogP) is 4.28. The summed E-state index contributed by atoms with van der Waals surface area (Å²) in [6, 6.07) is 7.36. The number of aromatic nitrogens is 1. The van der Waals surface area contributed by atoms with E-state index in [0.717, 1.165) is 20.6 Å². The lowest BCUT2D eigenvalue weighted by Crippen LogP contribution is -1.98. The summed E-state index contributed by atoms with van der Waals surface area (Å²) in [6.45, 7) is 0.336. The van der Waals surface area contributed by atoms with Gasteiger partial charge in [0.1, 0.15) is 12.4 Å². The van der Waals surface area contributed by atoms with Gasteiger partial charge in [0.15, 0.2) is 0 Å². The molecule has 0 unspecified atom stereocenters. The second kappa shape index (κ2) is 7.38. The lowest BCUT2D eigenvalue weighted by Gasteiger charge is -2.11. The zero-order valence-corrected chi connectivity index (χ0v) is 14.0. The highest BCUT2D eigenvalue weighted by Crippen LogP contribution is 2.30. The van der Waals surface area contributed by atoms with Crippen molar-refractivity contribution in [3.05, 3.63) is 62.8 Å². The van der Waals surface area contributed by atoms with Crippen LogP contribution >= 0.6 is 31.9 Å². The second-order valence-electron chi connectivity index (χ2n) is 4.13. The van der Waals surface area contributed by atoms with Crippen molar-refractivity contribution in [2.45, 2.75) is 6.61 Å². The summed E-state index contributed by atoms with van der Waals surface area (Å²) in [6.07, 6.45) is 5.99. The number of para-hydroxylation sites is 1. The van der Waals surface area contributed by atoms with Crippen molar-refractivity contribution in [3.8, 4) is 5.75 Å².